The van der Waals surface area contributed by atoms with Crippen LogP contribution in [0, 0.1) is 5.92 Å². The van der Waals surface area contributed by atoms with Crippen LogP contribution in [0.4, 0.5) is 0 Å². The number of ether oxygens (including phenoxy) is 1. The number of imidazole rings is 1. The highest BCUT2D eigenvalue weighted by molar-refractivity contribution is 5.90. The Kier molecular flexibility index (Phi) is 5.65. The minimum absolute atomic E-state index is 0.228. The minimum Gasteiger partial charge on any atom is -0.391 e. The summed E-state index contributed by atoms with van der Waals surface area (Å²) in [6, 6.07) is -1.72. The van der Waals surface area contributed by atoms with Crippen LogP contribution in [0.3, 0.4) is 0 Å². The fourth-order valence-electron chi connectivity index (χ4n) is 1.57. The number of nitrogens with zero attached hydrogens (tertiary/aromatic N) is 1. The zero-order valence-corrected chi connectivity index (χ0v) is 11.1. The number of esters is 2. The van der Waals surface area contributed by atoms with Crippen molar-refractivity contribution in [1.29, 1.82) is 0 Å². The number of nitrogens with one attached hydrogen (secondary N) is 1. The van der Waals surface area contributed by atoms with E-state index in [-0.39, 0.29) is 12.3 Å². The molecule has 1 rings (SSSR count). The molecule has 1 aromatic rings. The summed E-state index contributed by atoms with van der Waals surface area (Å²) in [5.41, 5.74) is 12.0. The molecule has 7 heteroatoms. The maximum atomic E-state index is 11.6. The zero-order valence-electron chi connectivity index (χ0n) is 11.1. The molecule has 0 aliphatic rings. The molecule has 106 valence electrons. The molecule has 0 saturated heterocycles. The van der Waals surface area contributed by atoms with Gasteiger partial charge >= 0.3 is 11.9 Å². The van der Waals surface area contributed by atoms with Gasteiger partial charge in [-0.2, -0.15) is 0 Å². The van der Waals surface area contributed by atoms with Crippen LogP contribution in [0.15, 0.2) is 12.5 Å². The maximum Gasteiger partial charge on any atom is 0.330 e. The lowest BCUT2D eigenvalue weighted by Gasteiger charge is -2.14. The predicted molar refractivity (Wildman–Crippen MR) is 68.8 cm³/mol. The van der Waals surface area contributed by atoms with Crippen molar-refractivity contribution in [1.82, 2.24) is 9.97 Å². The lowest BCUT2D eigenvalue weighted by molar-refractivity contribution is -0.161. The number of nitrogens with two attached hydrogens (primary N) is 2. The molecule has 0 bridgehead atoms. The van der Waals surface area contributed by atoms with Gasteiger partial charge in [-0.3, -0.25) is 0 Å². The molecule has 0 saturated carbocycles. The van der Waals surface area contributed by atoms with Crippen molar-refractivity contribution in [3.63, 3.8) is 0 Å². The second kappa shape index (κ2) is 7.01. The van der Waals surface area contributed by atoms with E-state index in [4.69, 9.17) is 11.5 Å². The molecule has 5 N–H and O–H groups in total. The number of H-pyrrole nitrogens is 1. The number of hydrogen-bond acceptors (Lipinski definition) is 6. The Hall–Kier alpha value is -1.73. The first kappa shape index (κ1) is 15.3. The van der Waals surface area contributed by atoms with Gasteiger partial charge in [0.15, 0.2) is 0 Å². The number of hydrogen-bond donors (Lipinski definition) is 3. The fraction of sp³-hybridized carbons (Fsp3) is 0.583. The van der Waals surface area contributed by atoms with E-state index >= 15 is 0 Å². The van der Waals surface area contributed by atoms with Crippen LogP contribution in [0.25, 0.3) is 0 Å². The molecule has 0 unspecified atom stereocenters. The third-order valence-electron chi connectivity index (χ3n) is 2.53. The van der Waals surface area contributed by atoms with Crippen molar-refractivity contribution in [3.8, 4) is 0 Å². The minimum atomic E-state index is -0.921. The Morgan fingerprint density at radius 1 is 1.32 bits per heavy atom. The van der Waals surface area contributed by atoms with E-state index in [2.05, 4.69) is 14.7 Å². The van der Waals surface area contributed by atoms with E-state index in [0.717, 1.165) is 0 Å². The smallest absolute Gasteiger partial charge is 0.330 e. The van der Waals surface area contributed by atoms with Gasteiger partial charge in [-0.1, -0.05) is 13.8 Å². The Morgan fingerprint density at radius 3 is 2.47 bits per heavy atom. The highest BCUT2D eigenvalue weighted by atomic mass is 16.6. The molecule has 0 amide bonds. The number of carbonyl (C=O) groups excluding carboxylic acids is 2. The van der Waals surface area contributed by atoms with Crippen molar-refractivity contribution in [2.24, 2.45) is 17.4 Å². The summed E-state index contributed by atoms with van der Waals surface area (Å²) in [6.45, 7) is 3.86. The van der Waals surface area contributed by atoms with Gasteiger partial charge in [0.05, 0.1) is 6.33 Å². The first-order chi connectivity index (χ1) is 8.90. The summed E-state index contributed by atoms with van der Waals surface area (Å²) in [5, 5.41) is 0. The van der Waals surface area contributed by atoms with Crippen LogP contribution in [-0.4, -0.2) is 34.0 Å². The first-order valence-electron chi connectivity index (χ1n) is 6.14. The first-order valence-corrected chi connectivity index (χ1v) is 6.14. The van der Waals surface area contributed by atoms with Gasteiger partial charge < -0.3 is 21.2 Å². The molecule has 2 atom stereocenters. The Labute approximate surface area is 111 Å². The second-order valence-corrected chi connectivity index (χ2v) is 4.86. The van der Waals surface area contributed by atoms with Crippen LogP contribution in [0.1, 0.15) is 26.0 Å². The van der Waals surface area contributed by atoms with Crippen molar-refractivity contribution >= 4 is 11.9 Å². The Morgan fingerprint density at radius 2 is 1.95 bits per heavy atom. The van der Waals surface area contributed by atoms with Gasteiger partial charge in [-0.25, -0.2) is 14.6 Å². The van der Waals surface area contributed by atoms with Crippen molar-refractivity contribution in [2.45, 2.75) is 38.8 Å². The number of aromatic amines is 1. The van der Waals surface area contributed by atoms with Crippen LogP contribution < -0.4 is 11.5 Å². The average molecular weight is 268 g/mol. The number of carbonyl (C=O) groups is 2. The summed E-state index contributed by atoms with van der Waals surface area (Å²) >= 11 is 0. The monoisotopic (exact) mass is 268 g/mol. The van der Waals surface area contributed by atoms with Gasteiger partial charge in [-0.05, 0) is 12.3 Å². The SMILES string of the molecule is CC(C)C[C@H](N)C(=O)OC(=O)[C@@H](N)Cc1cnc[nH]1. The van der Waals surface area contributed by atoms with E-state index in [0.29, 0.717) is 12.1 Å². The average Bonchev–Trinajstić information content (AvgIpc) is 2.80. The van der Waals surface area contributed by atoms with E-state index in [1.54, 1.807) is 6.20 Å². The summed E-state index contributed by atoms with van der Waals surface area (Å²) in [5.74, 6) is -1.27. The third kappa shape index (κ3) is 5.19. The second-order valence-electron chi connectivity index (χ2n) is 4.86. The molecule has 1 aromatic heterocycles. The van der Waals surface area contributed by atoms with Crippen LogP contribution >= 0.6 is 0 Å². The van der Waals surface area contributed by atoms with Crippen LogP contribution in [0.2, 0.25) is 0 Å². The molecule has 0 aromatic carbocycles. The van der Waals surface area contributed by atoms with Crippen molar-refractivity contribution in [3.05, 3.63) is 18.2 Å². The largest absolute Gasteiger partial charge is 0.391 e. The van der Waals surface area contributed by atoms with Crippen molar-refractivity contribution < 1.29 is 14.3 Å². The Bertz CT molecular complexity index is 417. The molecular weight excluding hydrogens is 248 g/mol. The van der Waals surface area contributed by atoms with Gasteiger partial charge in [0.1, 0.15) is 12.1 Å². The molecule has 0 aliphatic carbocycles. The third-order valence-corrected chi connectivity index (χ3v) is 2.53. The molecule has 19 heavy (non-hydrogen) atoms. The van der Waals surface area contributed by atoms with Gasteiger partial charge in [0, 0.05) is 18.3 Å². The normalized spacial score (nSPS) is 14.2. The van der Waals surface area contributed by atoms with Crippen LogP contribution in [0.5, 0.6) is 0 Å². The van der Waals surface area contributed by atoms with Gasteiger partial charge in [0.2, 0.25) is 0 Å². The van der Waals surface area contributed by atoms with E-state index in [1.165, 1.54) is 6.33 Å². The van der Waals surface area contributed by atoms with E-state index in [9.17, 15) is 9.59 Å². The summed E-state index contributed by atoms with van der Waals surface area (Å²) in [4.78, 5) is 29.8. The maximum absolute atomic E-state index is 11.6. The number of rotatable bonds is 6. The molecule has 0 aliphatic heterocycles. The standard InChI is InChI=1S/C12H20N4O3/c1-7(2)3-9(13)11(17)19-12(18)10(14)4-8-5-15-6-16-8/h5-7,9-10H,3-4,13-14H2,1-2H3,(H,15,16)/t9-,10-/m0/s1. The molecular formula is C12H20N4O3. The van der Waals surface area contributed by atoms with E-state index < -0.39 is 24.0 Å². The zero-order chi connectivity index (χ0) is 14.4. The summed E-state index contributed by atoms with van der Waals surface area (Å²) < 4.78 is 4.66. The van der Waals surface area contributed by atoms with Gasteiger partial charge in [-0.15, -0.1) is 0 Å². The molecule has 7 nitrogen and oxygen atoms in total. The van der Waals surface area contributed by atoms with Crippen molar-refractivity contribution in [2.75, 3.05) is 0 Å². The molecule has 1 heterocycles. The fourth-order valence-corrected chi connectivity index (χ4v) is 1.57. The van der Waals surface area contributed by atoms with Gasteiger partial charge in [0.25, 0.3) is 0 Å². The molecule has 0 spiro atoms. The van der Waals surface area contributed by atoms with E-state index in [1.807, 2.05) is 13.8 Å². The topological polar surface area (TPSA) is 124 Å². The van der Waals surface area contributed by atoms with Crippen LogP contribution in [-0.2, 0) is 20.7 Å². The summed E-state index contributed by atoms with van der Waals surface area (Å²) in [7, 11) is 0. The number of aromatic nitrogens is 2. The Balaban J connectivity index is 2.43. The highest BCUT2D eigenvalue weighted by Crippen LogP contribution is 2.05. The molecule has 0 fully saturated rings. The summed E-state index contributed by atoms with van der Waals surface area (Å²) in [6.07, 6.45) is 3.73. The highest BCUT2D eigenvalue weighted by Gasteiger charge is 2.24. The lowest BCUT2D eigenvalue weighted by Crippen LogP contribution is -2.41. The molecule has 0 radical (unpaired) electrons. The lowest BCUT2D eigenvalue weighted by atomic mass is 10.0. The quantitative estimate of drug-likeness (QED) is 0.481. The predicted octanol–water partition coefficient (Wildman–Crippen LogP) is -0.277.